The summed E-state index contributed by atoms with van der Waals surface area (Å²) in [5.41, 5.74) is 5.49. The van der Waals surface area contributed by atoms with Crippen molar-refractivity contribution in [3.63, 3.8) is 0 Å². The number of Topliss-reactive ketones (excluding diaryl/α,β-unsaturated/α-hetero) is 1. The van der Waals surface area contributed by atoms with Crippen LogP contribution in [0.15, 0.2) is 36.4 Å². The Labute approximate surface area is 191 Å². The third kappa shape index (κ3) is 5.04. The predicted molar refractivity (Wildman–Crippen MR) is 128 cm³/mol. The van der Waals surface area contributed by atoms with E-state index in [0.29, 0.717) is 18.9 Å². The number of hydrogen-bond acceptors (Lipinski definition) is 4. The van der Waals surface area contributed by atoms with Crippen LogP contribution in [0.1, 0.15) is 66.1 Å². The first-order valence-corrected chi connectivity index (χ1v) is 11.9. The van der Waals surface area contributed by atoms with E-state index in [4.69, 9.17) is 4.74 Å². The number of amides is 1. The van der Waals surface area contributed by atoms with E-state index in [1.165, 1.54) is 16.7 Å². The molecule has 1 amide bonds. The van der Waals surface area contributed by atoms with E-state index in [0.717, 1.165) is 68.6 Å². The average Bonchev–Trinajstić information content (AvgIpc) is 3.24. The molecular formula is C27H34N2O3. The third-order valence-electron chi connectivity index (χ3n) is 6.67. The summed E-state index contributed by atoms with van der Waals surface area (Å²) in [5, 5.41) is 3.59. The van der Waals surface area contributed by atoms with E-state index >= 15 is 0 Å². The molecule has 32 heavy (non-hydrogen) atoms. The standard InChI is InChI=1S/C27H34N2O3/c1-19(16-20-8-5-6-10-25(20)32-2)28-14-7-3-4-9-24(30)23-17-21-11-12-26(31)29-15-13-22(18-23)27(21)29/h5-6,8,10,17-19,28H,3-4,7,9,11-16H2,1-2H3. The van der Waals surface area contributed by atoms with Crippen molar-refractivity contribution in [1.82, 2.24) is 5.32 Å². The van der Waals surface area contributed by atoms with Gasteiger partial charge in [-0.2, -0.15) is 0 Å². The van der Waals surface area contributed by atoms with Gasteiger partial charge < -0.3 is 15.0 Å². The van der Waals surface area contributed by atoms with Crippen molar-refractivity contribution in [2.75, 3.05) is 25.1 Å². The van der Waals surface area contributed by atoms with Gasteiger partial charge in [-0.1, -0.05) is 24.6 Å². The van der Waals surface area contributed by atoms with Crippen LogP contribution in [-0.2, 0) is 24.1 Å². The number of carbonyl (C=O) groups excluding carboxylic acids is 2. The normalized spacial score (nSPS) is 15.6. The lowest BCUT2D eigenvalue weighted by atomic mass is 9.94. The maximum Gasteiger partial charge on any atom is 0.227 e. The van der Waals surface area contributed by atoms with E-state index in [-0.39, 0.29) is 11.7 Å². The van der Waals surface area contributed by atoms with Gasteiger partial charge in [0, 0.05) is 31.0 Å². The third-order valence-corrected chi connectivity index (χ3v) is 6.67. The van der Waals surface area contributed by atoms with Crippen LogP contribution in [0.5, 0.6) is 5.75 Å². The molecule has 0 saturated heterocycles. The van der Waals surface area contributed by atoms with Gasteiger partial charge in [-0.05, 0) is 80.5 Å². The number of methoxy groups -OCH3 is 1. The van der Waals surface area contributed by atoms with Crippen molar-refractivity contribution in [3.8, 4) is 5.75 Å². The van der Waals surface area contributed by atoms with Crippen molar-refractivity contribution in [1.29, 1.82) is 0 Å². The fourth-order valence-electron chi connectivity index (χ4n) is 4.97. The SMILES string of the molecule is COc1ccccc1CC(C)NCCCCCC(=O)c1cc2c3c(c1)CCN3C(=O)CC2. The summed E-state index contributed by atoms with van der Waals surface area (Å²) in [5.74, 6) is 1.40. The minimum absolute atomic E-state index is 0.223. The number of aryl methyl sites for hydroxylation is 1. The first kappa shape index (κ1) is 22.5. The fraction of sp³-hybridized carbons (Fsp3) is 0.481. The van der Waals surface area contributed by atoms with Crippen molar-refractivity contribution in [3.05, 3.63) is 58.7 Å². The predicted octanol–water partition coefficient (Wildman–Crippen LogP) is 4.49. The highest BCUT2D eigenvalue weighted by Crippen LogP contribution is 2.37. The molecule has 0 saturated carbocycles. The molecule has 1 atom stereocenters. The number of ether oxygens (including phenoxy) is 1. The van der Waals surface area contributed by atoms with Crippen LogP contribution in [0, 0.1) is 0 Å². The van der Waals surface area contributed by atoms with Gasteiger partial charge in [0.25, 0.3) is 0 Å². The van der Waals surface area contributed by atoms with E-state index in [2.05, 4.69) is 18.3 Å². The second-order valence-electron chi connectivity index (χ2n) is 9.04. The zero-order valence-electron chi connectivity index (χ0n) is 19.3. The molecule has 5 nitrogen and oxygen atoms in total. The van der Waals surface area contributed by atoms with Crippen molar-refractivity contribution in [2.24, 2.45) is 0 Å². The lowest BCUT2D eigenvalue weighted by Crippen LogP contribution is -2.32. The van der Waals surface area contributed by atoms with Gasteiger partial charge in [-0.15, -0.1) is 0 Å². The molecule has 170 valence electrons. The molecule has 0 aromatic heterocycles. The van der Waals surface area contributed by atoms with Gasteiger partial charge in [0.2, 0.25) is 5.91 Å². The molecule has 0 fully saturated rings. The molecule has 1 unspecified atom stereocenters. The highest BCUT2D eigenvalue weighted by molar-refractivity contribution is 6.02. The van der Waals surface area contributed by atoms with Gasteiger partial charge in [0.15, 0.2) is 5.78 Å². The van der Waals surface area contributed by atoms with E-state index < -0.39 is 0 Å². The lowest BCUT2D eigenvalue weighted by Gasteiger charge is -2.25. The molecule has 0 aliphatic carbocycles. The van der Waals surface area contributed by atoms with Crippen LogP contribution in [0.2, 0.25) is 0 Å². The van der Waals surface area contributed by atoms with Crippen LogP contribution in [-0.4, -0.2) is 37.9 Å². The van der Waals surface area contributed by atoms with Gasteiger partial charge in [-0.3, -0.25) is 9.59 Å². The number of para-hydroxylation sites is 1. The van der Waals surface area contributed by atoms with Gasteiger partial charge >= 0.3 is 0 Å². The highest BCUT2D eigenvalue weighted by Gasteiger charge is 2.31. The summed E-state index contributed by atoms with van der Waals surface area (Å²) in [4.78, 5) is 26.8. The number of ketones is 1. The summed E-state index contributed by atoms with van der Waals surface area (Å²) in [6.07, 6.45) is 6.75. The summed E-state index contributed by atoms with van der Waals surface area (Å²) in [6, 6.07) is 12.6. The minimum Gasteiger partial charge on any atom is -0.496 e. The quantitative estimate of drug-likeness (QED) is 0.418. The Hall–Kier alpha value is -2.66. The van der Waals surface area contributed by atoms with Crippen LogP contribution in [0.25, 0.3) is 0 Å². The molecule has 2 heterocycles. The molecule has 0 bridgehead atoms. The Morgan fingerprint density at radius 1 is 1.09 bits per heavy atom. The minimum atomic E-state index is 0.223. The number of nitrogens with one attached hydrogen (secondary N) is 1. The number of unbranched alkanes of at least 4 members (excludes halogenated alkanes) is 2. The summed E-state index contributed by atoms with van der Waals surface area (Å²) >= 11 is 0. The maximum atomic E-state index is 12.8. The topological polar surface area (TPSA) is 58.6 Å². The zero-order valence-corrected chi connectivity index (χ0v) is 19.3. The average molecular weight is 435 g/mol. The lowest BCUT2D eigenvalue weighted by molar-refractivity contribution is -0.118. The van der Waals surface area contributed by atoms with Crippen molar-refractivity contribution >= 4 is 17.4 Å². The molecule has 4 rings (SSSR count). The number of benzene rings is 2. The molecule has 2 aromatic rings. The summed E-state index contributed by atoms with van der Waals surface area (Å²) < 4.78 is 5.44. The molecule has 2 aliphatic rings. The number of nitrogens with zero attached hydrogens (tertiary/aromatic N) is 1. The highest BCUT2D eigenvalue weighted by atomic mass is 16.5. The second kappa shape index (κ2) is 10.3. The van der Waals surface area contributed by atoms with E-state index in [1.54, 1.807) is 7.11 Å². The van der Waals surface area contributed by atoms with Crippen LogP contribution >= 0.6 is 0 Å². The Kier molecular flexibility index (Phi) is 7.26. The maximum absolute atomic E-state index is 12.8. The molecule has 0 spiro atoms. The number of rotatable bonds is 11. The second-order valence-corrected chi connectivity index (χ2v) is 9.04. The number of carbonyl (C=O) groups is 2. The van der Waals surface area contributed by atoms with Crippen molar-refractivity contribution < 1.29 is 14.3 Å². The molecule has 1 N–H and O–H groups in total. The number of hydrogen-bond donors (Lipinski definition) is 1. The van der Waals surface area contributed by atoms with Crippen LogP contribution in [0.4, 0.5) is 5.69 Å². The first-order valence-electron chi connectivity index (χ1n) is 11.9. The van der Waals surface area contributed by atoms with E-state index in [9.17, 15) is 9.59 Å². The Morgan fingerprint density at radius 2 is 1.88 bits per heavy atom. The summed E-state index contributed by atoms with van der Waals surface area (Å²) in [6.45, 7) is 3.92. The Balaban J connectivity index is 1.18. The van der Waals surface area contributed by atoms with Crippen molar-refractivity contribution in [2.45, 2.75) is 64.3 Å². The van der Waals surface area contributed by atoms with Gasteiger partial charge in [-0.25, -0.2) is 0 Å². The Morgan fingerprint density at radius 3 is 2.69 bits per heavy atom. The summed E-state index contributed by atoms with van der Waals surface area (Å²) in [7, 11) is 1.71. The number of anilines is 1. The largest absolute Gasteiger partial charge is 0.496 e. The molecule has 2 aromatic carbocycles. The monoisotopic (exact) mass is 434 g/mol. The smallest absolute Gasteiger partial charge is 0.227 e. The molecule has 0 radical (unpaired) electrons. The molecular weight excluding hydrogens is 400 g/mol. The van der Waals surface area contributed by atoms with Gasteiger partial charge in [0.1, 0.15) is 5.75 Å². The zero-order chi connectivity index (χ0) is 22.5. The molecule has 5 heteroatoms. The van der Waals surface area contributed by atoms with Crippen LogP contribution in [0.3, 0.4) is 0 Å². The fourth-order valence-corrected chi connectivity index (χ4v) is 4.97. The van der Waals surface area contributed by atoms with Crippen LogP contribution < -0.4 is 15.0 Å². The Bertz CT molecular complexity index is 985. The first-order chi connectivity index (χ1) is 15.6. The molecule has 2 aliphatic heterocycles. The van der Waals surface area contributed by atoms with E-state index in [1.807, 2.05) is 35.2 Å². The van der Waals surface area contributed by atoms with Gasteiger partial charge in [0.05, 0.1) is 12.8 Å².